The van der Waals surface area contributed by atoms with E-state index in [-0.39, 0.29) is 0 Å². The molecule has 1 atom stereocenters. The normalized spacial score (nSPS) is 11.8. The predicted octanol–water partition coefficient (Wildman–Crippen LogP) is 3.54. The molecule has 0 aliphatic heterocycles. The average Bonchev–Trinajstić information content (AvgIpc) is 2.38. The van der Waals surface area contributed by atoms with Gasteiger partial charge in [0.15, 0.2) is 0 Å². The number of para-hydroxylation sites is 1. The third-order valence-electron chi connectivity index (χ3n) is 2.41. The fraction of sp³-hybridized carbons (Fsp3) is 0.0714. The Labute approximate surface area is 110 Å². The average molecular weight is 263 g/mol. The molecular formula is C14H11ClO3. The van der Waals surface area contributed by atoms with E-state index in [0.717, 1.165) is 0 Å². The summed E-state index contributed by atoms with van der Waals surface area (Å²) in [5.74, 6) is -0.698. The van der Waals surface area contributed by atoms with E-state index < -0.39 is 12.1 Å². The van der Waals surface area contributed by atoms with Crippen LogP contribution in [-0.4, -0.2) is 11.1 Å². The van der Waals surface area contributed by atoms with Gasteiger partial charge < -0.3 is 9.84 Å². The van der Waals surface area contributed by atoms with Crippen LogP contribution < -0.4 is 4.74 Å². The lowest BCUT2D eigenvalue weighted by Crippen LogP contribution is -2.18. The van der Waals surface area contributed by atoms with E-state index in [9.17, 15) is 9.90 Å². The molecule has 1 N–H and O–H groups in total. The fourth-order valence-electron chi connectivity index (χ4n) is 1.56. The maximum absolute atomic E-state index is 11.2. The summed E-state index contributed by atoms with van der Waals surface area (Å²) in [6.45, 7) is 0. The summed E-state index contributed by atoms with van der Waals surface area (Å²) in [7, 11) is 0. The third-order valence-corrected chi connectivity index (χ3v) is 2.72. The smallest absolute Gasteiger partial charge is 0.349 e. The molecule has 0 aliphatic rings. The molecule has 18 heavy (non-hydrogen) atoms. The number of hydrogen-bond acceptors (Lipinski definition) is 2. The number of carboxylic acid groups (broad SMARTS) is 1. The van der Waals surface area contributed by atoms with E-state index >= 15 is 0 Å². The molecule has 0 bridgehead atoms. The van der Waals surface area contributed by atoms with Gasteiger partial charge in [-0.3, -0.25) is 0 Å². The number of halogens is 1. The van der Waals surface area contributed by atoms with Gasteiger partial charge in [-0.05, 0) is 12.1 Å². The van der Waals surface area contributed by atoms with Gasteiger partial charge >= 0.3 is 5.97 Å². The van der Waals surface area contributed by atoms with Crippen LogP contribution in [0.4, 0.5) is 0 Å². The first-order valence-electron chi connectivity index (χ1n) is 5.37. The molecular weight excluding hydrogens is 252 g/mol. The van der Waals surface area contributed by atoms with Crippen LogP contribution in [0, 0.1) is 0 Å². The van der Waals surface area contributed by atoms with Crippen molar-refractivity contribution in [1.29, 1.82) is 0 Å². The number of carbonyl (C=O) groups is 1. The molecule has 2 aromatic rings. The second kappa shape index (κ2) is 5.56. The Bertz CT molecular complexity index is 540. The van der Waals surface area contributed by atoms with Gasteiger partial charge in [0.05, 0.1) is 5.02 Å². The Morgan fingerprint density at radius 3 is 2.28 bits per heavy atom. The zero-order valence-electron chi connectivity index (χ0n) is 9.42. The molecule has 0 aliphatic carbocycles. The number of benzene rings is 2. The minimum atomic E-state index is -1.06. The monoisotopic (exact) mass is 262 g/mol. The molecule has 0 fully saturated rings. The van der Waals surface area contributed by atoms with Crippen LogP contribution in [0.5, 0.6) is 5.75 Å². The van der Waals surface area contributed by atoms with Crippen LogP contribution in [0.1, 0.15) is 11.7 Å². The number of carboxylic acids is 1. The highest BCUT2D eigenvalue weighted by Crippen LogP contribution is 2.28. The second-order valence-electron chi connectivity index (χ2n) is 3.68. The van der Waals surface area contributed by atoms with Crippen molar-refractivity contribution in [3.05, 3.63) is 65.2 Å². The van der Waals surface area contributed by atoms with E-state index in [1.807, 2.05) is 6.07 Å². The van der Waals surface area contributed by atoms with E-state index in [4.69, 9.17) is 16.3 Å². The molecule has 92 valence electrons. The number of hydrogen-bond donors (Lipinski definition) is 1. The quantitative estimate of drug-likeness (QED) is 0.917. The van der Waals surface area contributed by atoms with Crippen LogP contribution in [0.2, 0.25) is 5.02 Å². The Morgan fingerprint density at radius 1 is 1.06 bits per heavy atom. The van der Waals surface area contributed by atoms with Gasteiger partial charge in [-0.2, -0.15) is 0 Å². The Hall–Kier alpha value is -2.00. The lowest BCUT2D eigenvalue weighted by molar-refractivity contribution is -0.145. The molecule has 1 unspecified atom stereocenters. The predicted molar refractivity (Wildman–Crippen MR) is 68.9 cm³/mol. The van der Waals surface area contributed by atoms with Gasteiger partial charge in [0.2, 0.25) is 6.10 Å². The summed E-state index contributed by atoms with van der Waals surface area (Å²) in [6, 6.07) is 15.5. The maximum atomic E-state index is 11.2. The first-order chi connectivity index (χ1) is 8.68. The molecule has 0 heterocycles. The van der Waals surface area contributed by atoms with Crippen molar-refractivity contribution in [3.8, 4) is 5.75 Å². The lowest BCUT2D eigenvalue weighted by atomic mass is 10.1. The van der Waals surface area contributed by atoms with Crippen molar-refractivity contribution in [2.24, 2.45) is 0 Å². The van der Waals surface area contributed by atoms with Crippen molar-refractivity contribution < 1.29 is 14.6 Å². The number of aliphatic carboxylic acids is 1. The number of ether oxygens (including phenoxy) is 1. The topological polar surface area (TPSA) is 46.5 Å². The van der Waals surface area contributed by atoms with Crippen LogP contribution >= 0.6 is 11.6 Å². The van der Waals surface area contributed by atoms with Gasteiger partial charge in [-0.15, -0.1) is 0 Å². The molecule has 0 aromatic heterocycles. The summed E-state index contributed by atoms with van der Waals surface area (Å²) in [5.41, 5.74) is 0.574. The maximum Gasteiger partial charge on any atom is 0.349 e. The zero-order valence-corrected chi connectivity index (χ0v) is 10.2. The van der Waals surface area contributed by atoms with Crippen molar-refractivity contribution in [2.75, 3.05) is 0 Å². The highest BCUT2D eigenvalue weighted by atomic mass is 35.5. The van der Waals surface area contributed by atoms with E-state index in [0.29, 0.717) is 16.3 Å². The molecule has 0 spiro atoms. The van der Waals surface area contributed by atoms with Crippen molar-refractivity contribution in [3.63, 3.8) is 0 Å². The zero-order chi connectivity index (χ0) is 13.0. The highest BCUT2D eigenvalue weighted by Gasteiger charge is 2.22. The Morgan fingerprint density at radius 2 is 1.67 bits per heavy atom. The van der Waals surface area contributed by atoms with Gasteiger partial charge in [-0.25, -0.2) is 4.79 Å². The van der Waals surface area contributed by atoms with Crippen LogP contribution in [-0.2, 0) is 4.79 Å². The van der Waals surface area contributed by atoms with E-state index in [2.05, 4.69) is 0 Å². The third kappa shape index (κ3) is 2.81. The Balaban J connectivity index is 2.28. The van der Waals surface area contributed by atoms with Crippen molar-refractivity contribution in [1.82, 2.24) is 0 Å². The van der Waals surface area contributed by atoms with E-state index in [1.165, 1.54) is 0 Å². The molecule has 2 aromatic carbocycles. The standard InChI is InChI=1S/C14H11ClO3/c15-11-8-4-5-9-12(11)18-13(14(16)17)10-6-2-1-3-7-10/h1-9,13H,(H,16,17). The fourth-order valence-corrected chi connectivity index (χ4v) is 1.74. The summed E-state index contributed by atoms with van der Waals surface area (Å²) in [6.07, 6.45) is -1.06. The molecule has 0 radical (unpaired) electrons. The molecule has 0 saturated heterocycles. The summed E-state index contributed by atoms with van der Waals surface area (Å²) in [4.78, 5) is 11.2. The van der Waals surface area contributed by atoms with E-state index in [1.54, 1.807) is 48.5 Å². The van der Waals surface area contributed by atoms with Crippen LogP contribution in [0.15, 0.2) is 54.6 Å². The molecule has 0 amide bonds. The first-order valence-corrected chi connectivity index (χ1v) is 5.75. The van der Waals surface area contributed by atoms with Gasteiger partial charge in [0.25, 0.3) is 0 Å². The minimum Gasteiger partial charge on any atom is -0.478 e. The van der Waals surface area contributed by atoms with Crippen LogP contribution in [0.3, 0.4) is 0 Å². The second-order valence-corrected chi connectivity index (χ2v) is 4.08. The number of rotatable bonds is 4. The summed E-state index contributed by atoms with van der Waals surface area (Å²) in [5, 5.41) is 9.60. The van der Waals surface area contributed by atoms with Gasteiger partial charge in [0, 0.05) is 5.56 Å². The molecule has 2 rings (SSSR count). The minimum absolute atomic E-state index is 0.357. The molecule has 0 saturated carbocycles. The summed E-state index contributed by atoms with van der Waals surface area (Å²) >= 11 is 5.94. The van der Waals surface area contributed by atoms with Crippen LogP contribution in [0.25, 0.3) is 0 Å². The molecule has 3 nitrogen and oxygen atoms in total. The largest absolute Gasteiger partial charge is 0.478 e. The lowest BCUT2D eigenvalue weighted by Gasteiger charge is -2.16. The van der Waals surface area contributed by atoms with Gasteiger partial charge in [-0.1, -0.05) is 54.1 Å². The summed E-state index contributed by atoms with van der Waals surface area (Å²) < 4.78 is 5.46. The molecule has 4 heteroatoms. The van der Waals surface area contributed by atoms with Crippen molar-refractivity contribution in [2.45, 2.75) is 6.10 Å². The Kier molecular flexibility index (Phi) is 3.85. The highest BCUT2D eigenvalue weighted by molar-refractivity contribution is 6.32. The van der Waals surface area contributed by atoms with Crippen molar-refractivity contribution >= 4 is 17.6 Å². The first kappa shape index (κ1) is 12.5. The SMILES string of the molecule is O=C(O)C(Oc1ccccc1Cl)c1ccccc1. The van der Waals surface area contributed by atoms with Gasteiger partial charge in [0.1, 0.15) is 5.75 Å².